The van der Waals surface area contributed by atoms with Crippen LogP contribution in [0.5, 0.6) is 5.75 Å². The SMILES string of the molecule is CNC(SF)c1cccc(OC)c1. The molecule has 0 saturated carbocycles. The van der Waals surface area contributed by atoms with E-state index in [1.807, 2.05) is 24.3 Å². The maximum absolute atomic E-state index is 12.4. The van der Waals surface area contributed by atoms with Crippen LogP contribution in [0.15, 0.2) is 24.3 Å². The lowest BCUT2D eigenvalue weighted by atomic mass is 10.2. The van der Waals surface area contributed by atoms with Gasteiger partial charge in [0.25, 0.3) is 0 Å². The molecule has 13 heavy (non-hydrogen) atoms. The van der Waals surface area contributed by atoms with Gasteiger partial charge in [-0.05, 0) is 24.7 Å². The third kappa shape index (κ3) is 2.60. The van der Waals surface area contributed by atoms with Gasteiger partial charge in [0.1, 0.15) is 11.1 Å². The van der Waals surface area contributed by atoms with Crippen molar-refractivity contribution in [2.24, 2.45) is 0 Å². The highest BCUT2D eigenvalue weighted by Gasteiger charge is 2.09. The van der Waals surface area contributed by atoms with E-state index in [0.29, 0.717) is 0 Å². The number of benzene rings is 1. The fourth-order valence-electron chi connectivity index (χ4n) is 1.07. The molecule has 0 amide bonds. The van der Waals surface area contributed by atoms with Gasteiger partial charge in [-0.3, -0.25) is 0 Å². The second-order valence-electron chi connectivity index (χ2n) is 2.53. The molecule has 0 aliphatic rings. The number of methoxy groups -OCH3 is 1. The van der Waals surface area contributed by atoms with Crippen LogP contribution < -0.4 is 10.1 Å². The molecule has 0 bridgehead atoms. The first-order valence-electron chi connectivity index (χ1n) is 3.90. The van der Waals surface area contributed by atoms with E-state index in [-0.39, 0.29) is 17.5 Å². The van der Waals surface area contributed by atoms with Crippen molar-refractivity contribution in [3.05, 3.63) is 29.8 Å². The fraction of sp³-hybridized carbons (Fsp3) is 0.333. The highest BCUT2D eigenvalue weighted by molar-refractivity contribution is 7.94. The fourth-order valence-corrected chi connectivity index (χ4v) is 1.41. The van der Waals surface area contributed by atoms with Gasteiger partial charge in [-0.1, -0.05) is 12.1 Å². The van der Waals surface area contributed by atoms with Gasteiger partial charge in [0.05, 0.1) is 19.3 Å². The molecule has 0 saturated heterocycles. The average molecular weight is 201 g/mol. The molecule has 1 aromatic carbocycles. The number of ether oxygens (including phenoxy) is 1. The van der Waals surface area contributed by atoms with Crippen molar-refractivity contribution in [2.75, 3.05) is 14.2 Å². The zero-order valence-electron chi connectivity index (χ0n) is 7.58. The van der Waals surface area contributed by atoms with Gasteiger partial charge in [0, 0.05) is 0 Å². The van der Waals surface area contributed by atoms with Crippen molar-refractivity contribution < 1.29 is 8.62 Å². The molecular formula is C9H12FNOS. The Balaban J connectivity index is 2.86. The minimum Gasteiger partial charge on any atom is -0.497 e. The van der Waals surface area contributed by atoms with Gasteiger partial charge in [-0.2, -0.15) is 3.89 Å². The second kappa shape index (κ2) is 5.09. The smallest absolute Gasteiger partial charge is 0.119 e. The van der Waals surface area contributed by atoms with Gasteiger partial charge in [0.2, 0.25) is 0 Å². The first kappa shape index (κ1) is 10.3. The van der Waals surface area contributed by atoms with E-state index in [9.17, 15) is 3.89 Å². The summed E-state index contributed by atoms with van der Waals surface area (Å²) in [6, 6.07) is 7.35. The normalized spacial score (nSPS) is 12.5. The lowest BCUT2D eigenvalue weighted by molar-refractivity contribution is 0.414. The van der Waals surface area contributed by atoms with Gasteiger partial charge < -0.3 is 10.1 Å². The average Bonchev–Trinajstić information content (AvgIpc) is 2.20. The molecule has 1 rings (SSSR count). The van der Waals surface area contributed by atoms with Crippen molar-refractivity contribution in [3.8, 4) is 5.75 Å². The van der Waals surface area contributed by atoms with Crippen LogP contribution in [0.4, 0.5) is 3.89 Å². The number of halogens is 1. The highest BCUT2D eigenvalue weighted by atomic mass is 32.2. The molecule has 4 heteroatoms. The Bertz CT molecular complexity index is 266. The molecule has 2 nitrogen and oxygen atoms in total. The Labute approximate surface area is 81.8 Å². The van der Waals surface area contributed by atoms with Gasteiger partial charge in [0.15, 0.2) is 0 Å². The van der Waals surface area contributed by atoms with E-state index < -0.39 is 0 Å². The lowest BCUT2D eigenvalue weighted by Gasteiger charge is -2.11. The monoisotopic (exact) mass is 201 g/mol. The topological polar surface area (TPSA) is 21.3 Å². The summed E-state index contributed by atoms with van der Waals surface area (Å²) in [7, 11) is 3.31. The summed E-state index contributed by atoms with van der Waals surface area (Å²) >= 11 is 0.276. The van der Waals surface area contributed by atoms with E-state index in [0.717, 1.165) is 11.3 Å². The lowest BCUT2D eigenvalue weighted by Crippen LogP contribution is -2.11. The summed E-state index contributed by atoms with van der Waals surface area (Å²) in [6.45, 7) is 0. The van der Waals surface area contributed by atoms with E-state index in [2.05, 4.69) is 5.32 Å². The summed E-state index contributed by atoms with van der Waals surface area (Å²) in [5.41, 5.74) is 0.870. The zero-order chi connectivity index (χ0) is 9.68. The van der Waals surface area contributed by atoms with Crippen LogP contribution >= 0.6 is 12.1 Å². The number of hydrogen-bond donors (Lipinski definition) is 1. The summed E-state index contributed by atoms with van der Waals surface area (Å²) in [4.78, 5) is 0. The largest absolute Gasteiger partial charge is 0.497 e. The first-order chi connectivity index (χ1) is 6.31. The molecule has 0 radical (unpaired) electrons. The molecule has 0 fully saturated rings. The van der Waals surface area contributed by atoms with Crippen molar-refractivity contribution in [2.45, 2.75) is 5.37 Å². The summed E-state index contributed by atoms with van der Waals surface area (Å²) in [6.07, 6.45) is 0. The molecule has 1 N–H and O–H groups in total. The molecular weight excluding hydrogens is 189 g/mol. The highest BCUT2D eigenvalue weighted by Crippen LogP contribution is 2.28. The van der Waals surface area contributed by atoms with Crippen LogP contribution in [-0.4, -0.2) is 14.2 Å². The third-order valence-electron chi connectivity index (χ3n) is 1.75. The molecule has 0 aliphatic carbocycles. The van der Waals surface area contributed by atoms with Gasteiger partial charge in [-0.15, -0.1) is 0 Å². The predicted octanol–water partition coefficient (Wildman–Crippen LogP) is 2.53. The van der Waals surface area contributed by atoms with E-state index in [1.54, 1.807) is 14.2 Å². The van der Waals surface area contributed by atoms with Crippen LogP contribution in [0.1, 0.15) is 10.9 Å². The maximum atomic E-state index is 12.4. The van der Waals surface area contributed by atoms with Gasteiger partial charge >= 0.3 is 0 Å². The van der Waals surface area contributed by atoms with Crippen molar-refractivity contribution in [1.82, 2.24) is 5.32 Å². The molecule has 0 heterocycles. The standard InChI is InChI=1S/C9H12FNOS/c1-11-9(13-10)7-4-3-5-8(6-7)12-2/h3-6,9,11H,1-2H3. The van der Waals surface area contributed by atoms with Crippen LogP contribution in [0.25, 0.3) is 0 Å². The van der Waals surface area contributed by atoms with E-state index >= 15 is 0 Å². The van der Waals surface area contributed by atoms with Crippen molar-refractivity contribution in [1.29, 1.82) is 0 Å². The number of hydrogen-bond acceptors (Lipinski definition) is 3. The Morgan fingerprint density at radius 1 is 1.54 bits per heavy atom. The van der Waals surface area contributed by atoms with E-state index in [4.69, 9.17) is 4.74 Å². The first-order valence-corrected chi connectivity index (χ1v) is 4.68. The molecule has 0 spiro atoms. The quantitative estimate of drug-likeness (QED) is 0.756. The zero-order valence-corrected chi connectivity index (χ0v) is 8.40. The second-order valence-corrected chi connectivity index (χ2v) is 3.18. The summed E-state index contributed by atoms with van der Waals surface area (Å²) in [5.74, 6) is 0.742. The molecule has 0 aromatic heterocycles. The Kier molecular flexibility index (Phi) is 4.05. The Hall–Kier alpha value is -0.740. The van der Waals surface area contributed by atoms with Crippen LogP contribution in [0.2, 0.25) is 0 Å². The van der Waals surface area contributed by atoms with Crippen molar-refractivity contribution >= 4 is 12.1 Å². The molecule has 1 atom stereocenters. The van der Waals surface area contributed by atoms with Gasteiger partial charge in [-0.25, -0.2) is 0 Å². The molecule has 72 valence electrons. The minimum atomic E-state index is -0.324. The minimum absolute atomic E-state index is 0.276. The Morgan fingerprint density at radius 2 is 2.31 bits per heavy atom. The maximum Gasteiger partial charge on any atom is 0.119 e. The predicted molar refractivity (Wildman–Crippen MR) is 53.5 cm³/mol. The summed E-state index contributed by atoms with van der Waals surface area (Å²) in [5, 5.41) is 2.53. The summed E-state index contributed by atoms with van der Waals surface area (Å²) < 4.78 is 17.4. The molecule has 1 aromatic rings. The van der Waals surface area contributed by atoms with E-state index in [1.165, 1.54) is 0 Å². The van der Waals surface area contributed by atoms with Crippen molar-refractivity contribution in [3.63, 3.8) is 0 Å². The molecule has 0 aliphatic heterocycles. The number of rotatable bonds is 4. The Morgan fingerprint density at radius 3 is 2.85 bits per heavy atom. The third-order valence-corrected chi connectivity index (χ3v) is 2.43. The van der Waals surface area contributed by atoms with Crippen LogP contribution in [0.3, 0.4) is 0 Å². The van der Waals surface area contributed by atoms with Crippen LogP contribution in [0, 0.1) is 0 Å². The number of nitrogens with one attached hydrogen (secondary N) is 1. The van der Waals surface area contributed by atoms with Crippen LogP contribution in [-0.2, 0) is 0 Å². The molecule has 1 unspecified atom stereocenters.